The molecular formula is C18H19Cl2F3N4O3. The van der Waals surface area contributed by atoms with Crippen LogP contribution in [0.3, 0.4) is 0 Å². The first-order valence-electron chi connectivity index (χ1n) is 8.86. The zero-order valence-electron chi connectivity index (χ0n) is 15.5. The minimum absolute atomic E-state index is 0.0467. The fraction of sp³-hybridized carbons (Fsp3) is 0.389. The molecule has 3 rings (SSSR count). The molecule has 12 heteroatoms. The Morgan fingerprint density at radius 1 is 1.23 bits per heavy atom. The van der Waals surface area contributed by atoms with E-state index in [1.165, 1.54) is 0 Å². The fourth-order valence-corrected chi connectivity index (χ4v) is 3.09. The van der Waals surface area contributed by atoms with Crippen LogP contribution in [0.25, 0.3) is 0 Å². The van der Waals surface area contributed by atoms with Crippen molar-refractivity contribution in [2.24, 2.45) is 5.92 Å². The Morgan fingerprint density at radius 2 is 1.87 bits per heavy atom. The molecule has 2 aromatic rings. The lowest BCUT2D eigenvalue weighted by atomic mass is 9.97. The molecule has 30 heavy (non-hydrogen) atoms. The van der Waals surface area contributed by atoms with Crippen LogP contribution in [-0.2, 0) is 16.1 Å². The van der Waals surface area contributed by atoms with Gasteiger partial charge >= 0.3 is 12.1 Å². The van der Waals surface area contributed by atoms with Crippen molar-refractivity contribution in [3.8, 4) is 0 Å². The Hall–Kier alpha value is -2.30. The van der Waals surface area contributed by atoms with Gasteiger partial charge in [0.05, 0.1) is 22.8 Å². The van der Waals surface area contributed by atoms with E-state index in [-0.39, 0.29) is 11.8 Å². The molecule has 0 aliphatic carbocycles. The van der Waals surface area contributed by atoms with Crippen LogP contribution >= 0.6 is 23.2 Å². The molecular weight excluding hydrogens is 448 g/mol. The predicted molar refractivity (Wildman–Crippen MR) is 106 cm³/mol. The molecule has 1 aromatic carbocycles. The number of nitrogens with one attached hydrogen (secondary N) is 2. The number of nitrogens with zero attached hydrogens (tertiary/aromatic N) is 2. The molecule has 1 fully saturated rings. The van der Waals surface area contributed by atoms with E-state index in [0.717, 1.165) is 31.5 Å². The summed E-state index contributed by atoms with van der Waals surface area (Å²) in [7, 11) is 0. The number of carboxylic acid groups (broad SMARTS) is 1. The summed E-state index contributed by atoms with van der Waals surface area (Å²) in [5, 5.41) is 18.6. The van der Waals surface area contributed by atoms with Crippen molar-refractivity contribution in [2.45, 2.75) is 25.6 Å². The molecule has 0 bridgehead atoms. The van der Waals surface area contributed by atoms with Gasteiger partial charge in [-0.3, -0.25) is 4.79 Å². The number of hydrogen-bond acceptors (Lipinski definition) is 4. The number of rotatable bonds is 4. The van der Waals surface area contributed by atoms with Gasteiger partial charge in [-0.15, -0.1) is 0 Å². The number of piperidine rings is 1. The lowest BCUT2D eigenvalue weighted by Crippen LogP contribution is -2.35. The van der Waals surface area contributed by atoms with Crippen molar-refractivity contribution in [2.75, 3.05) is 18.4 Å². The summed E-state index contributed by atoms with van der Waals surface area (Å²) < 4.78 is 33.5. The SMILES string of the molecule is O=C(Nc1ccnn1Cc1cccc(Cl)c1Cl)C1CCNCC1.O=C(O)C(F)(F)F. The lowest BCUT2D eigenvalue weighted by Gasteiger charge is -2.22. The highest BCUT2D eigenvalue weighted by Gasteiger charge is 2.38. The van der Waals surface area contributed by atoms with Crippen molar-refractivity contribution in [1.82, 2.24) is 15.1 Å². The number of hydrogen-bond donors (Lipinski definition) is 3. The Morgan fingerprint density at radius 3 is 2.47 bits per heavy atom. The summed E-state index contributed by atoms with van der Waals surface area (Å²) in [6.07, 6.45) is -1.70. The molecule has 0 saturated carbocycles. The van der Waals surface area contributed by atoms with E-state index >= 15 is 0 Å². The second-order valence-electron chi connectivity index (χ2n) is 6.40. The molecule has 164 valence electrons. The van der Waals surface area contributed by atoms with Crippen LogP contribution in [-0.4, -0.2) is 46.0 Å². The number of aromatic nitrogens is 2. The summed E-state index contributed by atoms with van der Waals surface area (Å²) >= 11 is 12.3. The third kappa shape index (κ3) is 6.89. The highest BCUT2D eigenvalue weighted by Crippen LogP contribution is 2.27. The van der Waals surface area contributed by atoms with Gasteiger partial charge in [0.1, 0.15) is 5.82 Å². The third-order valence-electron chi connectivity index (χ3n) is 4.27. The monoisotopic (exact) mass is 466 g/mol. The number of benzene rings is 1. The Bertz CT molecular complexity index is 884. The standard InChI is InChI=1S/C16H18Cl2N4O.C2HF3O2/c17-13-3-1-2-12(15(13)18)10-22-14(6-9-20-22)21-16(23)11-4-7-19-8-5-11;3-2(4,5)1(6)7/h1-3,6,9,11,19H,4-5,7-8,10H2,(H,21,23);(H,6,7). The third-order valence-corrected chi connectivity index (χ3v) is 5.13. The van der Waals surface area contributed by atoms with Gasteiger partial charge in [0.25, 0.3) is 0 Å². The number of carbonyl (C=O) groups excluding carboxylic acids is 1. The maximum absolute atomic E-state index is 12.4. The van der Waals surface area contributed by atoms with E-state index in [9.17, 15) is 18.0 Å². The van der Waals surface area contributed by atoms with Gasteiger partial charge in [0.2, 0.25) is 5.91 Å². The normalized spacial score (nSPS) is 14.6. The second-order valence-corrected chi connectivity index (χ2v) is 7.19. The summed E-state index contributed by atoms with van der Waals surface area (Å²) in [5.74, 6) is -1.99. The highest BCUT2D eigenvalue weighted by molar-refractivity contribution is 6.42. The van der Waals surface area contributed by atoms with E-state index in [0.29, 0.717) is 22.4 Å². The number of halogens is 5. The van der Waals surface area contributed by atoms with E-state index < -0.39 is 12.1 Å². The number of carboxylic acids is 1. The van der Waals surface area contributed by atoms with Gasteiger partial charge in [-0.25, -0.2) is 9.48 Å². The van der Waals surface area contributed by atoms with Gasteiger partial charge in [-0.2, -0.15) is 18.3 Å². The number of aliphatic carboxylic acids is 1. The maximum atomic E-state index is 12.4. The largest absolute Gasteiger partial charge is 0.490 e. The minimum Gasteiger partial charge on any atom is -0.475 e. The van der Waals surface area contributed by atoms with Crippen molar-refractivity contribution in [1.29, 1.82) is 0 Å². The second kappa shape index (κ2) is 10.6. The van der Waals surface area contributed by atoms with Gasteiger partial charge < -0.3 is 15.7 Å². The van der Waals surface area contributed by atoms with Crippen molar-refractivity contribution < 1.29 is 27.9 Å². The first-order valence-corrected chi connectivity index (χ1v) is 9.61. The quantitative estimate of drug-likeness (QED) is 0.636. The molecule has 1 amide bonds. The first kappa shape index (κ1) is 24.0. The Kier molecular flexibility index (Phi) is 8.51. The predicted octanol–water partition coefficient (Wildman–Crippen LogP) is 3.81. The Balaban J connectivity index is 0.000000396. The van der Waals surface area contributed by atoms with Crippen LogP contribution in [0, 0.1) is 5.92 Å². The molecule has 1 aliphatic heterocycles. The molecule has 2 heterocycles. The lowest BCUT2D eigenvalue weighted by molar-refractivity contribution is -0.192. The minimum atomic E-state index is -5.08. The van der Waals surface area contributed by atoms with E-state index in [2.05, 4.69) is 15.7 Å². The molecule has 1 aromatic heterocycles. The maximum Gasteiger partial charge on any atom is 0.490 e. The van der Waals surface area contributed by atoms with Crippen molar-refractivity contribution in [3.63, 3.8) is 0 Å². The average molecular weight is 467 g/mol. The summed E-state index contributed by atoms with van der Waals surface area (Å²) in [4.78, 5) is 21.3. The smallest absolute Gasteiger partial charge is 0.475 e. The van der Waals surface area contributed by atoms with Crippen LogP contribution in [0.5, 0.6) is 0 Å². The topological polar surface area (TPSA) is 96.3 Å². The number of alkyl halides is 3. The number of anilines is 1. The Labute approximate surface area is 180 Å². The van der Waals surface area contributed by atoms with Crippen LogP contribution < -0.4 is 10.6 Å². The number of carbonyl (C=O) groups is 2. The highest BCUT2D eigenvalue weighted by atomic mass is 35.5. The fourth-order valence-electron chi connectivity index (χ4n) is 2.71. The molecule has 0 radical (unpaired) electrons. The summed E-state index contributed by atoms with van der Waals surface area (Å²) in [6.45, 7) is 2.22. The molecule has 1 saturated heterocycles. The number of amides is 1. The molecule has 0 spiro atoms. The molecule has 0 unspecified atom stereocenters. The van der Waals surface area contributed by atoms with Crippen LogP contribution in [0.15, 0.2) is 30.5 Å². The summed E-state index contributed by atoms with van der Waals surface area (Å²) in [5.41, 5.74) is 0.861. The van der Waals surface area contributed by atoms with Crippen LogP contribution in [0.4, 0.5) is 19.0 Å². The average Bonchev–Trinajstić information content (AvgIpc) is 3.12. The molecule has 0 atom stereocenters. The zero-order chi connectivity index (χ0) is 22.3. The molecule has 1 aliphatic rings. The van der Waals surface area contributed by atoms with E-state index in [1.807, 2.05) is 12.1 Å². The van der Waals surface area contributed by atoms with Crippen molar-refractivity contribution >= 4 is 40.9 Å². The van der Waals surface area contributed by atoms with Crippen molar-refractivity contribution in [3.05, 3.63) is 46.1 Å². The van der Waals surface area contributed by atoms with Crippen LogP contribution in [0.2, 0.25) is 10.0 Å². The zero-order valence-corrected chi connectivity index (χ0v) is 17.1. The van der Waals surface area contributed by atoms with Gasteiger partial charge in [-0.05, 0) is 37.6 Å². The molecule has 7 nitrogen and oxygen atoms in total. The van der Waals surface area contributed by atoms with Gasteiger partial charge in [-0.1, -0.05) is 35.3 Å². The first-order chi connectivity index (χ1) is 14.1. The van der Waals surface area contributed by atoms with E-state index in [4.69, 9.17) is 33.1 Å². The molecule has 3 N–H and O–H groups in total. The van der Waals surface area contributed by atoms with Gasteiger partial charge in [0, 0.05) is 12.0 Å². The van der Waals surface area contributed by atoms with E-state index in [1.54, 1.807) is 23.0 Å². The van der Waals surface area contributed by atoms with Gasteiger partial charge in [0.15, 0.2) is 0 Å². The van der Waals surface area contributed by atoms with Crippen LogP contribution in [0.1, 0.15) is 18.4 Å². The summed E-state index contributed by atoms with van der Waals surface area (Å²) in [6, 6.07) is 7.28.